The molecule has 18 heavy (non-hydrogen) atoms. The molecule has 2 unspecified atom stereocenters. The second-order valence-corrected chi connectivity index (χ2v) is 5.05. The van der Waals surface area contributed by atoms with Crippen LogP contribution < -0.4 is 5.32 Å². The van der Waals surface area contributed by atoms with E-state index in [1.54, 1.807) is 0 Å². The number of carbonyl (C=O) groups is 1. The third-order valence-corrected chi connectivity index (χ3v) is 3.67. The van der Waals surface area contributed by atoms with E-state index in [1.165, 1.54) is 24.6 Å². The van der Waals surface area contributed by atoms with Crippen LogP contribution in [0.1, 0.15) is 43.0 Å². The molecule has 0 bridgehead atoms. The lowest BCUT2D eigenvalue weighted by atomic mass is 9.86. The Balaban J connectivity index is 2.04. The van der Waals surface area contributed by atoms with Gasteiger partial charge in [-0.05, 0) is 37.0 Å². The van der Waals surface area contributed by atoms with Crippen molar-refractivity contribution >= 4 is 5.91 Å². The van der Waals surface area contributed by atoms with E-state index in [4.69, 9.17) is 0 Å². The molecule has 98 valence electrons. The van der Waals surface area contributed by atoms with Gasteiger partial charge < -0.3 is 15.5 Å². The van der Waals surface area contributed by atoms with Crippen LogP contribution in [0.25, 0.3) is 0 Å². The molecular weight excluding hydrogens is 230 g/mol. The van der Waals surface area contributed by atoms with Crippen molar-refractivity contribution in [3.8, 4) is 11.5 Å². The molecule has 3 N–H and O–H groups in total. The van der Waals surface area contributed by atoms with Gasteiger partial charge in [-0.1, -0.05) is 19.8 Å². The molecule has 1 aliphatic carbocycles. The molecule has 0 radical (unpaired) electrons. The standard InChI is InChI=1S/C14H19NO3/c1-9-4-2-3-5-11(9)15-14(18)10-6-7-12(16)13(17)8-10/h6-9,11,16-17H,2-5H2,1H3,(H,15,18). The molecule has 0 aromatic heterocycles. The van der Waals surface area contributed by atoms with Gasteiger partial charge in [-0.15, -0.1) is 0 Å². The molecule has 0 spiro atoms. The summed E-state index contributed by atoms with van der Waals surface area (Å²) in [5.74, 6) is -0.172. The highest BCUT2D eigenvalue weighted by molar-refractivity contribution is 5.95. The Morgan fingerprint density at radius 2 is 1.94 bits per heavy atom. The zero-order chi connectivity index (χ0) is 13.1. The van der Waals surface area contributed by atoms with Gasteiger partial charge in [-0.25, -0.2) is 0 Å². The van der Waals surface area contributed by atoms with Crippen molar-refractivity contribution in [2.24, 2.45) is 5.92 Å². The van der Waals surface area contributed by atoms with Gasteiger partial charge in [0.1, 0.15) is 0 Å². The number of nitrogens with one attached hydrogen (secondary N) is 1. The van der Waals surface area contributed by atoms with Gasteiger partial charge in [0.15, 0.2) is 11.5 Å². The first kappa shape index (κ1) is 12.7. The number of benzene rings is 1. The van der Waals surface area contributed by atoms with Crippen LogP contribution >= 0.6 is 0 Å². The van der Waals surface area contributed by atoms with Crippen LogP contribution in [0.15, 0.2) is 18.2 Å². The average Bonchev–Trinajstić information content (AvgIpc) is 2.35. The van der Waals surface area contributed by atoms with Gasteiger partial charge in [0.2, 0.25) is 0 Å². The predicted octanol–water partition coefficient (Wildman–Crippen LogP) is 2.41. The van der Waals surface area contributed by atoms with Crippen LogP contribution in [0.2, 0.25) is 0 Å². The molecule has 1 fully saturated rings. The molecule has 1 saturated carbocycles. The lowest BCUT2D eigenvalue weighted by Gasteiger charge is -2.29. The molecule has 0 aliphatic heterocycles. The SMILES string of the molecule is CC1CCCCC1NC(=O)c1ccc(O)c(O)c1. The van der Waals surface area contributed by atoms with Crippen LogP contribution in [0.5, 0.6) is 11.5 Å². The summed E-state index contributed by atoms with van der Waals surface area (Å²) in [6.07, 6.45) is 4.53. The van der Waals surface area contributed by atoms with Gasteiger partial charge in [-0.3, -0.25) is 4.79 Å². The van der Waals surface area contributed by atoms with Crippen LogP contribution in [0, 0.1) is 5.92 Å². The molecule has 0 heterocycles. The van der Waals surface area contributed by atoms with E-state index in [1.807, 2.05) is 0 Å². The van der Waals surface area contributed by atoms with Crippen LogP contribution in [-0.4, -0.2) is 22.2 Å². The monoisotopic (exact) mass is 249 g/mol. The summed E-state index contributed by atoms with van der Waals surface area (Å²) in [5, 5.41) is 21.6. The van der Waals surface area contributed by atoms with Crippen molar-refractivity contribution in [1.29, 1.82) is 0 Å². The van der Waals surface area contributed by atoms with Gasteiger partial charge >= 0.3 is 0 Å². The van der Waals surface area contributed by atoms with E-state index in [9.17, 15) is 15.0 Å². The van der Waals surface area contributed by atoms with Crippen molar-refractivity contribution in [2.45, 2.75) is 38.6 Å². The van der Waals surface area contributed by atoms with E-state index >= 15 is 0 Å². The van der Waals surface area contributed by atoms with E-state index in [2.05, 4.69) is 12.2 Å². The second-order valence-electron chi connectivity index (χ2n) is 5.05. The summed E-state index contributed by atoms with van der Waals surface area (Å²) in [6, 6.07) is 4.34. The quantitative estimate of drug-likeness (QED) is 0.705. The fourth-order valence-corrected chi connectivity index (χ4v) is 2.45. The molecule has 1 aliphatic rings. The summed E-state index contributed by atoms with van der Waals surface area (Å²) >= 11 is 0. The summed E-state index contributed by atoms with van der Waals surface area (Å²) in [7, 11) is 0. The summed E-state index contributed by atoms with van der Waals surface area (Å²) < 4.78 is 0. The summed E-state index contributed by atoms with van der Waals surface area (Å²) in [6.45, 7) is 2.15. The number of hydrogen-bond donors (Lipinski definition) is 3. The van der Waals surface area contributed by atoms with Crippen molar-refractivity contribution in [1.82, 2.24) is 5.32 Å². The Bertz CT molecular complexity index is 445. The predicted molar refractivity (Wildman–Crippen MR) is 68.7 cm³/mol. The first-order valence-electron chi connectivity index (χ1n) is 6.41. The minimum atomic E-state index is -0.264. The minimum absolute atomic E-state index is 0.191. The Labute approximate surface area is 107 Å². The lowest BCUT2D eigenvalue weighted by Crippen LogP contribution is -2.41. The van der Waals surface area contributed by atoms with Crippen LogP contribution in [0.4, 0.5) is 0 Å². The number of amides is 1. The topological polar surface area (TPSA) is 69.6 Å². The number of aromatic hydroxyl groups is 2. The van der Waals surface area contributed by atoms with E-state index in [0.29, 0.717) is 11.5 Å². The molecule has 2 rings (SSSR count). The minimum Gasteiger partial charge on any atom is -0.504 e. The number of phenols is 2. The fraction of sp³-hybridized carbons (Fsp3) is 0.500. The zero-order valence-corrected chi connectivity index (χ0v) is 10.5. The lowest BCUT2D eigenvalue weighted by molar-refractivity contribution is 0.0910. The molecule has 2 atom stereocenters. The molecule has 1 aromatic carbocycles. The van der Waals surface area contributed by atoms with Gasteiger partial charge in [0.05, 0.1) is 0 Å². The normalized spacial score (nSPS) is 23.6. The average molecular weight is 249 g/mol. The molecular formula is C14H19NO3. The second kappa shape index (κ2) is 5.29. The van der Waals surface area contributed by atoms with Crippen LogP contribution in [-0.2, 0) is 0 Å². The first-order valence-corrected chi connectivity index (χ1v) is 6.41. The molecule has 4 heteroatoms. The Hall–Kier alpha value is -1.71. The largest absolute Gasteiger partial charge is 0.504 e. The summed E-state index contributed by atoms with van der Waals surface area (Å²) in [5.41, 5.74) is 0.378. The number of phenolic OH excluding ortho intramolecular Hbond substituents is 2. The number of rotatable bonds is 2. The number of hydrogen-bond acceptors (Lipinski definition) is 3. The van der Waals surface area contributed by atoms with Gasteiger partial charge in [0, 0.05) is 11.6 Å². The maximum absolute atomic E-state index is 12.0. The van der Waals surface area contributed by atoms with Crippen molar-refractivity contribution in [3.05, 3.63) is 23.8 Å². The molecule has 1 aromatic rings. The van der Waals surface area contributed by atoms with Gasteiger partial charge in [-0.2, -0.15) is 0 Å². The smallest absolute Gasteiger partial charge is 0.251 e. The Morgan fingerprint density at radius 1 is 1.22 bits per heavy atom. The highest BCUT2D eigenvalue weighted by Crippen LogP contribution is 2.26. The maximum Gasteiger partial charge on any atom is 0.251 e. The third kappa shape index (κ3) is 2.75. The van der Waals surface area contributed by atoms with E-state index in [0.717, 1.165) is 19.3 Å². The Morgan fingerprint density at radius 3 is 2.61 bits per heavy atom. The zero-order valence-electron chi connectivity index (χ0n) is 10.5. The number of carbonyl (C=O) groups excluding carboxylic acids is 1. The van der Waals surface area contributed by atoms with Crippen molar-refractivity contribution in [2.75, 3.05) is 0 Å². The van der Waals surface area contributed by atoms with E-state index < -0.39 is 0 Å². The fourth-order valence-electron chi connectivity index (χ4n) is 2.45. The first-order chi connectivity index (χ1) is 8.58. The van der Waals surface area contributed by atoms with Crippen molar-refractivity contribution < 1.29 is 15.0 Å². The van der Waals surface area contributed by atoms with Crippen molar-refractivity contribution in [3.63, 3.8) is 0 Å². The summed E-state index contributed by atoms with van der Waals surface area (Å²) in [4.78, 5) is 12.0. The Kier molecular flexibility index (Phi) is 3.75. The maximum atomic E-state index is 12.0. The van der Waals surface area contributed by atoms with Gasteiger partial charge in [0.25, 0.3) is 5.91 Å². The molecule has 1 amide bonds. The highest BCUT2D eigenvalue weighted by Gasteiger charge is 2.23. The molecule has 0 saturated heterocycles. The molecule has 4 nitrogen and oxygen atoms in total. The van der Waals surface area contributed by atoms with Crippen LogP contribution in [0.3, 0.4) is 0 Å². The highest BCUT2D eigenvalue weighted by atomic mass is 16.3. The third-order valence-electron chi connectivity index (χ3n) is 3.67. The van der Waals surface area contributed by atoms with E-state index in [-0.39, 0.29) is 23.4 Å².